The number of hydrogen-bond acceptors (Lipinski definition) is 12. The average Bonchev–Trinajstić information content (AvgIpc) is 3.67. The fourth-order valence-corrected chi connectivity index (χ4v) is 11.2. The Balaban J connectivity index is 1.11. The van der Waals surface area contributed by atoms with Gasteiger partial charge in [-0.3, -0.25) is 0 Å². The van der Waals surface area contributed by atoms with Crippen LogP contribution in [0, 0.1) is 0 Å². The van der Waals surface area contributed by atoms with Crippen molar-refractivity contribution >= 4 is 0 Å². The molecule has 11 rings (SSSR count). The summed E-state index contributed by atoms with van der Waals surface area (Å²) in [5.74, 6) is 4.86. The number of benzene rings is 8. The quantitative estimate of drug-likeness (QED) is 0.158. The lowest BCUT2D eigenvalue weighted by molar-refractivity contribution is 0.00474. The van der Waals surface area contributed by atoms with E-state index in [1.807, 2.05) is 12.1 Å². The van der Waals surface area contributed by atoms with Crippen LogP contribution in [0.25, 0.3) is 0 Å². The van der Waals surface area contributed by atoms with Crippen molar-refractivity contribution in [2.75, 3.05) is 106 Å². The predicted octanol–water partition coefficient (Wildman–Crippen LogP) is 12.3. The monoisotopic (exact) mass is 1130 g/mol. The van der Waals surface area contributed by atoms with Crippen LogP contribution in [0.5, 0.6) is 34.5 Å². The van der Waals surface area contributed by atoms with E-state index in [0.29, 0.717) is 157 Å². The van der Waals surface area contributed by atoms with Crippen molar-refractivity contribution in [3.63, 3.8) is 0 Å². The first-order chi connectivity index (χ1) is 41.7. The number of rotatable bonds is 6. The van der Waals surface area contributed by atoms with Gasteiger partial charge in [-0.2, -0.15) is 0 Å². The van der Waals surface area contributed by atoms with Gasteiger partial charge in [0.05, 0.1) is 79.3 Å². The van der Waals surface area contributed by atoms with Gasteiger partial charge in [-0.05, 0) is 77.9 Å². The van der Waals surface area contributed by atoms with E-state index < -0.39 is 0 Å². The zero-order valence-electron chi connectivity index (χ0n) is 48.0. The van der Waals surface area contributed by atoms with Gasteiger partial charge in [0.1, 0.15) is 74.1 Å². The van der Waals surface area contributed by atoms with E-state index in [9.17, 15) is 0 Å². The van der Waals surface area contributed by atoms with Crippen molar-refractivity contribution in [2.24, 2.45) is 0 Å². The van der Waals surface area contributed by atoms with Crippen molar-refractivity contribution in [3.8, 4) is 34.5 Å². The lowest BCUT2D eigenvalue weighted by atomic mass is 9.91. The molecule has 436 valence electrons. The molecule has 12 heteroatoms. The van der Waals surface area contributed by atoms with Gasteiger partial charge in [0.15, 0.2) is 0 Å². The van der Waals surface area contributed by atoms with E-state index in [2.05, 4.69) is 158 Å². The molecule has 0 amide bonds. The van der Waals surface area contributed by atoms with Gasteiger partial charge in [-0.1, -0.05) is 170 Å². The molecule has 0 N–H and O–H groups in total. The summed E-state index contributed by atoms with van der Waals surface area (Å²) in [5, 5.41) is 0. The van der Waals surface area contributed by atoms with Crippen molar-refractivity contribution < 1.29 is 56.8 Å². The van der Waals surface area contributed by atoms with E-state index >= 15 is 0 Å². The summed E-state index contributed by atoms with van der Waals surface area (Å²) in [6.45, 7) is 7.05. The van der Waals surface area contributed by atoms with Crippen LogP contribution in [0.15, 0.2) is 170 Å². The van der Waals surface area contributed by atoms with Crippen LogP contribution in [0.1, 0.15) is 77.9 Å². The maximum Gasteiger partial charge on any atom is 0.126 e. The summed E-state index contributed by atoms with van der Waals surface area (Å²) in [5.41, 5.74) is 14.5. The predicted molar refractivity (Wildman–Crippen MR) is 324 cm³/mol. The normalized spacial score (nSPS) is 16.2. The van der Waals surface area contributed by atoms with E-state index in [-0.39, 0.29) is 0 Å². The van der Waals surface area contributed by atoms with Gasteiger partial charge in [0.25, 0.3) is 0 Å². The third kappa shape index (κ3) is 15.9. The first-order valence-corrected chi connectivity index (χ1v) is 29.7. The maximum absolute atomic E-state index is 7.06. The molecule has 84 heavy (non-hydrogen) atoms. The van der Waals surface area contributed by atoms with Gasteiger partial charge in [-0.15, -0.1) is 0 Å². The van der Waals surface area contributed by atoms with Crippen molar-refractivity contribution in [3.05, 3.63) is 248 Å². The fourth-order valence-electron chi connectivity index (χ4n) is 11.2. The van der Waals surface area contributed by atoms with Crippen LogP contribution in [0.2, 0.25) is 0 Å². The standard InChI is InChI=1S/C72H76O12/c1-3-13-53(14-4-1)51-83-71-63-25-11-26-64(71)48-60-22-8-18-56-46-58-20-10-24-62-50-66-28-12-27-65(72(66)84-52-54-15-5-2-6-16-54)49-61-23-9-19-57(69(61)81-43-39-77-35-31-74-32-36-78-40-44-82-70(58)62)45-55-17-7-21-59(47-63)67(55)79-41-37-75-33-29-73-30-34-76-38-42-80-68(56)60/h1-28H,29-52H2. The molecule has 16 bridgehead atoms. The molecule has 0 aromatic heterocycles. The first-order valence-electron chi connectivity index (χ1n) is 29.7. The van der Waals surface area contributed by atoms with Crippen LogP contribution < -0.4 is 28.4 Å². The Bertz CT molecular complexity index is 2960. The minimum atomic E-state index is 0.334. The zero-order valence-corrected chi connectivity index (χ0v) is 48.0. The number of para-hydroxylation sites is 6. The van der Waals surface area contributed by atoms with Crippen LogP contribution in [0.3, 0.4) is 0 Å². The fraction of sp³-hybridized carbons (Fsp3) is 0.333. The van der Waals surface area contributed by atoms with E-state index in [1.165, 1.54) is 0 Å². The Morgan fingerprint density at radius 1 is 0.214 bits per heavy atom. The highest BCUT2D eigenvalue weighted by Gasteiger charge is 2.24. The molecule has 3 aliphatic rings. The first kappa shape index (κ1) is 58.1. The molecule has 2 aliphatic heterocycles. The Kier molecular flexibility index (Phi) is 21.3. The minimum absolute atomic E-state index is 0.334. The summed E-state index contributed by atoms with van der Waals surface area (Å²) < 4.78 is 78.2. The summed E-state index contributed by atoms with van der Waals surface area (Å²) >= 11 is 0. The van der Waals surface area contributed by atoms with E-state index in [4.69, 9.17) is 56.8 Å². The Morgan fingerprint density at radius 2 is 0.417 bits per heavy atom. The lowest BCUT2D eigenvalue weighted by Crippen LogP contribution is -2.16. The van der Waals surface area contributed by atoms with Gasteiger partial charge in [0.2, 0.25) is 0 Å². The largest absolute Gasteiger partial charge is 0.491 e. The van der Waals surface area contributed by atoms with E-state index in [0.717, 1.165) is 112 Å². The van der Waals surface area contributed by atoms with Crippen LogP contribution >= 0.6 is 0 Å². The highest BCUT2D eigenvalue weighted by Crippen LogP contribution is 2.41. The van der Waals surface area contributed by atoms with Gasteiger partial charge in [0, 0.05) is 38.5 Å². The molecular formula is C72H76O12. The molecule has 0 saturated heterocycles. The van der Waals surface area contributed by atoms with Gasteiger partial charge >= 0.3 is 0 Å². The minimum Gasteiger partial charge on any atom is -0.491 e. The molecule has 0 atom stereocenters. The second-order valence-electron chi connectivity index (χ2n) is 21.1. The molecule has 2 heterocycles. The van der Waals surface area contributed by atoms with Crippen molar-refractivity contribution in [1.82, 2.24) is 0 Å². The van der Waals surface area contributed by atoms with Crippen LogP contribution in [-0.2, 0) is 80.2 Å². The number of hydrogen-bond donors (Lipinski definition) is 0. The van der Waals surface area contributed by atoms with Crippen LogP contribution in [0.4, 0.5) is 0 Å². The summed E-state index contributed by atoms with van der Waals surface area (Å²) in [6, 6.07) is 59.6. The molecule has 8 aromatic rings. The van der Waals surface area contributed by atoms with Gasteiger partial charge in [-0.25, -0.2) is 0 Å². The molecule has 1 aliphatic carbocycles. The third-order valence-electron chi connectivity index (χ3n) is 15.2. The smallest absolute Gasteiger partial charge is 0.126 e. The summed E-state index contributed by atoms with van der Waals surface area (Å²) in [7, 11) is 0. The van der Waals surface area contributed by atoms with Crippen molar-refractivity contribution in [2.45, 2.75) is 51.7 Å². The Morgan fingerprint density at radius 3 is 0.655 bits per heavy atom. The van der Waals surface area contributed by atoms with Crippen LogP contribution in [-0.4, -0.2) is 106 Å². The molecular weight excluding hydrogens is 1060 g/mol. The van der Waals surface area contributed by atoms with Crippen molar-refractivity contribution in [1.29, 1.82) is 0 Å². The maximum atomic E-state index is 7.06. The second-order valence-corrected chi connectivity index (χ2v) is 21.1. The van der Waals surface area contributed by atoms with Gasteiger partial charge < -0.3 is 56.8 Å². The zero-order chi connectivity index (χ0) is 56.8. The summed E-state index contributed by atoms with van der Waals surface area (Å²) in [4.78, 5) is 0. The highest BCUT2D eigenvalue weighted by atomic mass is 16.6. The summed E-state index contributed by atoms with van der Waals surface area (Å²) in [6.07, 6.45) is 3.18. The molecule has 12 nitrogen and oxygen atoms in total. The number of ether oxygens (including phenoxy) is 12. The SMILES string of the molecule is c1ccc(COc2c3cccc2Cc2cccc4c2OCCOCCOCCOCCOc2c(cccc2C3)Cc2cccc3c2OCCOCCOCCOCCOc2c(cccc2Cc2cccc(c2OCc2ccccc2)C3)C4)cc1. The highest BCUT2D eigenvalue weighted by molar-refractivity contribution is 5.57. The molecule has 0 fully saturated rings. The molecule has 0 saturated carbocycles. The molecule has 8 aromatic carbocycles. The Labute approximate surface area is 494 Å². The third-order valence-corrected chi connectivity index (χ3v) is 15.2. The Hall–Kier alpha value is -7.68. The second kappa shape index (κ2) is 30.7. The topological polar surface area (TPSA) is 111 Å². The lowest BCUT2D eigenvalue weighted by Gasteiger charge is -2.23. The molecule has 0 unspecified atom stereocenters. The molecule has 0 spiro atoms. The van der Waals surface area contributed by atoms with E-state index in [1.54, 1.807) is 0 Å². The average molecular weight is 1130 g/mol. The molecule has 0 radical (unpaired) electrons.